The predicted molar refractivity (Wildman–Crippen MR) is 79.6 cm³/mol. The summed E-state index contributed by atoms with van der Waals surface area (Å²) in [5, 5.41) is 0.391. The summed E-state index contributed by atoms with van der Waals surface area (Å²) in [7, 11) is 0. The van der Waals surface area contributed by atoms with Crippen LogP contribution in [0, 0.1) is 5.82 Å². The molecule has 0 saturated heterocycles. The van der Waals surface area contributed by atoms with Gasteiger partial charge in [-0.1, -0.05) is 39.7 Å². The van der Waals surface area contributed by atoms with Crippen LogP contribution in [0.4, 0.5) is 4.39 Å². The van der Waals surface area contributed by atoms with Crippen LogP contribution in [-0.2, 0) is 0 Å². The van der Waals surface area contributed by atoms with Crippen molar-refractivity contribution in [1.29, 1.82) is 0 Å². The summed E-state index contributed by atoms with van der Waals surface area (Å²) in [5.41, 5.74) is 1.78. The molecule has 1 aliphatic heterocycles. The molecule has 2 aromatic rings. The zero-order valence-corrected chi connectivity index (χ0v) is 12.7. The van der Waals surface area contributed by atoms with E-state index in [1.165, 1.54) is 12.1 Å². The van der Waals surface area contributed by atoms with Gasteiger partial charge in [0.25, 0.3) is 0 Å². The van der Waals surface area contributed by atoms with Crippen molar-refractivity contribution < 1.29 is 13.9 Å². The Morgan fingerprint density at radius 2 is 1.80 bits per heavy atom. The van der Waals surface area contributed by atoms with Gasteiger partial charge in [0, 0.05) is 5.02 Å². The molecule has 20 heavy (non-hydrogen) atoms. The molecule has 0 spiro atoms. The third kappa shape index (κ3) is 2.63. The number of alkyl halides is 1. The van der Waals surface area contributed by atoms with Crippen LogP contribution in [0.15, 0.2) is 36.4 Å². The second-order valence-electron chi connectivity index (χ2n) is 4.43. The highest BCUT2D eigenvalue weighted by Crippen LogP contribution is 2.39. The molecule has 0 N–H and O–H groups in total. The molecule has 5 heteroatoms. The molecule has 0 amide bonds. The van der Waals surface area contributed by atoms with Crippen LogP contribution in [0.5, 0.6) is 11.5 Å². The van der Waals surface area contributed by atoms with Crippen molar-refractivity contribution in [1.82, 2.24) is 0 Å². The number of fused-ring (bicyclic) bond motifs is 1. The second-order valence-corrected chi connectivity index (χ2v) is 5.75. The van der Waals surface area contributed by atoms with Crippen molar-refractivity contribution in [3.63, 3.8) is 0 Å². The quantitative estimate of drug-likeness (QED) is 0.723. The first-order valence-electron chi connectivity index (χ1n) is 6.14. The van der Waals surface area contributed by atoms with Gasteiger partial charge in [-0.25, -0.2) is 4.39 Å². The molecule has 1 atom stereocenters. The first-order chi connectivity index (χ1) is 9.65. The summed E-state index contributed by atoms with van der Waals surface area (Å²) in [6, 6.07) is 10.1. The summed E-state index contributed by atoms with van der Waals surface area (Å²) in [6.45, 7) is 1.11. The Hall–Kier alpha value is -1.26. The smallest absolute Gasteiger partial charge is 0.161 e. The molecule has 1 unspecified atom stereocenters. The van der Waals surface area contributed by atoms with Gasteiger partial charge in [0.1, 0.15) is 19.0 Å². The Bertz CT molecular complexity index is 648. The van der Waals surface area contributed by atoms with E-state index in [9.17, 15) is 4.39 Å². The van der Waals surface area contributed by atoms with Crippen molar-refractivity contribution in [3.8, 4) is 11.5 Å². The third-order valence-corrected chi connectivity index (χ3v) is 4.44. The molecule has 0 fully saturated rings. The lowest BCUT2D eigenvalue weighted by Gasteiger charge is -2.20. The van der Waals surface area contributed by atoms with Crippen molar-refractivity contribution in [3.05, 3.63) is 58.4 Å². The van der Waals surface area contributed by atoms with E-state index in [1.54, 1.807) is 6.07 Å². The number of hydrogen-bond donors (Lipinski definition) is 0. The molecular weight excluding hydrogens is 347 g/mol. The van der Waals surface area contributed by atoms with Crippen molar-refractivity contribution >= 4 is 27.5 Å². The molecule has 0 aliphatic carbocycles. The van der Waals surface area contributed by atoms with Gasteiger partial charge < -0.3 is 9.47 Å². The van der Waals surface area contributed by atoms with E-state index in [-0.39, 0.29) is 10.6 Å². The minimum Gasteiger partial charge on any atom is -0.486 e. The Labute approximate surface area is 129 Å². The summed E-state index contributed by atoms with van der Waals surface area (Å²) in [4.78, 5) is -0.133. The van der Waals surface area contributed by atoms with Gasteiger partial charge in [-0.05, 0) is 35.4 Å². The van der Waals surface area contributed by atoms with Gasteiger partial charge in [-0.2, -0.15) is 0 Å². The Morgan fingerprint density at radius 3 is 2.55 bits per heavy atom. The molecule has 2 nitrogen and oxygen atoms in total. The highest BCUT2D eigenvalue weighted by atomic mass is 79.9. The van der Waals surface area contributed by atoms with Gasteiger partial charge in [-0.3, -0.25) is 0 Å². The van der Waals surface area contributed by atoms with E-state index in [2.05, 4.69) is 15.9 Å². The molecular formula is C15H11BrClFO2. The van der Waals surface area contributed by atoms with Crippen molar-refractivity contribution in [2.24, 2.45) is 0 Å². The van der Waals surface area contributed by atoms with Crippen molar-refractivity contribution in [2.75, 3.05) is 13.2 Å². The van der Waals surface area contributed by atoms with E-state index < -0.39 is 0 Å². The van der Waals surface area contributed by atoms with Crippen LogP contribution in [-0.4, -0.2) is 13.2 Å². The van der Waals surface area contributed by atoms with Gasteiger partial charge >= 0.3 is 0 Å². The van der Waals surface area contributed by atoms with Crippen molar-refractivity contribution in [2.45, 2.75) is 4.83 Å². The maximum Gasteiger partial charge on any atom is 0.161 e. The summed E-state index contributed by atoms with van der Waals surface area (Å²) >= 11 is 9.69. The second kappa shape index (κ2) is 5.62. The molecule has 1 aliphatic rings. The molecule has 3 rings (SSSR count). The fourth-order valence-corrected chi connectivity index (χ4v) is 3.20. The molecule has 0 aromatic heterocycles. The highest BCUT2D eigenvalue weighted by Gasteiger charge is 2.18. The first kappa shape index (κ1) is 13.7. The van der Waals surface area contributed by atoms with Crippen LogP contribution in [0.1, 0.15) is 16.0 Å². The molecule has 1 heterocycles. The topological polar surface area (TPSA) is 18.5 Å². The van der Waals surface area contributed by atoms with Gasteiger partial charge in [0.15, 0.2) is 11.5 Å². The van der Waals surface area contributed by atoms with Crippen LogP contribution >= 0.6 is 27.5 Å². The van der Waals surface area contributed by atoms with E-state index in [4.69, 9.17) is 21.1 Å². The van der Waals surface area contributed by atoms with E-state index in [1.807, 2.05) is 18.2 Å². The maximum absolute atomic E-state index is 13.1. The standard InChI is InChI=1S/C15H11BrClFO2/c16-15(11-3-2-10(18)8-12(11)17)9-1-4-13-14(7-9)20-6-5-19-13/h1-4,7-8,15H,5-6H2. The summed E-state index contributed by atoms with van der Waals surface area (Å²) < 4.78 is 24.2. The maximum atomic E-state index is 13.1. The minimum atomic E-state index is -0.347. The molecule has 104 valence electrons. The lowest BCUT2D eigenvalue weighted by Crippen LogP contribution is -2.15. The Balaban J connectivity index is 1.95. The zero-order chi connectivity index (χ0) is 14.1. The SMILES string of the molecule is Fc1ccc(C(Br)c2ccc3c(c2)OCCO3)c(Cl)c1. The molecule has 0 saturated carbocycles. The lowest BCUT2D eigenvalue weighted by atomic mass is 10.0. The minimum absolute atomic E-state index is 0.133. The van der Waals surface area contributed by atoms with E-state index in [0.29, 0.717) is 18.2 Å². The fourth-order valence-electron chi connectivity index (χ4n) is 2.10. The van der Waals surface area contributed by atoms with Gasteiger partial charge in [-0.15, -0.1) is 0 Å². The van der Waals surface area contributed by atoms with Gasteiger partial charge in [0.05, 0.1) is 4.83 Å². The van der Waals surface area contributed by atoms with Crippen LogP contribution in [0.2, 0.25) is 5.02 Å². The van der Waals surface area contributed by atoms with Crippen LogP contribution in [0.25, 0.3) is 0 Å². The monoisotopic (exact) mass is 356 g/mol. The molecule has 0 radical (unpaired) electrons. The highest BCUT2D eigenvalue weighted by molar-refractivity contribution is 9.09. The normalized spacial score (nSPS) is 14.9. The predicted octanol–water partition coefficient (Wildman–Crippen LogP) is 4.73. The number of rotatable bonds is 2. The molecule has 2 aromatic carbocycles. The summed E-state index contributed by atoms with van der Waals surface area (Å²) in [6.07, 6.45) is 0. The van der Waals surface area contributed by atoms with E-state index >= 15 is 0 Å². The van der Waals surface area contributed by atoms with E-state index in [0.717, 1.165) is 22.6 Å². The number of halogens is 3. The summed E-state index contributed by atoms with van der Waals surface area (Å²) in [5.74, 6) is 1.11. The Kier molecular flexibility index (Phi) is 3.85. The van der Waals surface area contributed by atoms with Crippen LogP contribution in [0.3, 0.4) is 0 Å². The third-order valence-electron chi connectivity index (χ3n) is 3.09. The lowest BCUT2D eigenvalue weighted by molar-refractivity contribution is 0.171. The zero-order valence-electron chi connectivity index (χ0n) is 10.4. The van der Waals surface area contributed by atoms with Crippen LogP contribution < -0.4 is 9.47 Å². The number of hydrogen-bond acceptors (Lipinski definition) is 2. The average Bonchev–Trinajstić information content (AvgIpc) is 2.46. The first-order valence-corrected chi connectivity index (χ1v) is 7.43. The number of benzene rings is 2. The fraction of sp³-hybridized carbons (Fsp3) is 0.200. The van der Waals surface area contributed by atoms with Gasteiger partial charge in [0.2, 0.25) is 0 Å². The largest absolute Gasteiger partial charge is 0.486 e. The Morgan fingerprint density at radius 1 is 1.05 bits per heavy atom. The average molecular weight is 358 g/mol. The number of ether oxygens (including phenoxy) is 2. The molecule has 0 bridgehead atoms.